The maximum absolute atomic E-state index is 13.7. The van der Waals surface area contributed by atoms with Gasteiger partial charge in [-0.25, -0.2) is 12.8 Å². The number of amides is 2. The molecule has 2 heterocycles. The third kappa shape index (κ3) is 4.72. The highest BCUT2D eigenvalue weighted by molar-refractivity contribution is 7.89. The molecule has 0 bridgehead atoms. The average Bonchev–Trinajstić information content (AvgIpc) is 2.80. The fourth-order valence-corrected chi connectivity index (χ4v) is 5.48. The van der Waals surface area contributed by atoms with Crippen LogP contribution in [0.2, 0.25) is 0 Å². The van der Waals surface area contributed by atoms with Gasteiger partial charge >= 0.3 is 0 Å². The van der Waals surface area contributed by atoms with Crippen molar-refractivity contribution in [1.82, 2.24) is 4.31 Å². The van der Waals surface area contributed by atoms with Gasteiger partial charge in [-0.2, -0.15) is 4.31 Å². The number of carbonyl (C=O) groups excluding carboxylic acids is 2. The number of hydrogen-bond acceptors (Lipinski definition) is 5. The van der Waals surface area contributed by atoms with Gasteiger partial charge in [0.2, 0.25) is 15.9 Å². The quantitative estimate of drug-likeness (QED) is 0.691. The summed E-state index contributed by atoms with van der Waals surface area (Å²) in [4.78, 5) is 24.7. The van der Waals surface area contributed by atoms with E-state index in [0.717, 1.165) is 0 Å². The Morgan fingerprint density at radius 3 is 2.61 bits per heavy atom. The standard InChI is InChI=1S/C23H26FN3O5S/c1-3-20-23(29)26-19-13-17(6-7-21(19)32-20)33(30,31)27-10-8-15(9-11-27)22(28)25-16-5-4-14(2)18(24)12-16/h4-7,12-13,15,20H,3,8-11H2,1-2H3,(H,25,28)(H,26,29). The smallest absolute Gasteiger partial charge is 0.265 e. The van der Waals surface area contributed by atoms with Crippen LogP contribution in [-0.2, 0) is 19.6 Å². The van der Waals surface area contributed by atoms with E-state index in [9.17, 15) is 22.4 Å². The molecule has 0 saturated carbocycles. The third-order valence-electron chi connectivity index (χ3n) is 6.04. The van der Waals surface area contributed by atoms with Crippen LogP contribution < -0.4 is 15.4 Å². The summed E-state index contributed by atoms with van der Waals surface area (Å²) >= 11 is 0. The minimum Gasteiger partial charge on any atom is -0.478 e. The number of nitrogens with zero attached hydrogens (tertiary/aromatic N) is 1. The first-order valence-corrected chi connectivity index (χ1v) is 12.3. The van der Waals surface area contributed by atoms with Crippen LogP contribution in [0.25, 0.3) is 0 Å². The predicted molar refractivity (Wildman–Crippen MR) is 121 cm³/mol. The fourth-order valence-electron chi connectivity index (χ4n) is 3.98. The van der Waals surface area contributed by atoms with Crippen molar-refractivity contribution in [3.63, 3.8) is 0 Å². The van der Waals surface area contributed by atoms with Crippen LogP contribution in [0.15, 0.2) is 41.3 Å². The van der Waals surface area contributed by atoms with Crippen LogP contribution in [0.5, 0.6) is 5.75 Å². The molecule has 1 unspecified atom stereocenters. The molecule has 0 aliphatic carbocycles. The second kappa shape index (κ2) is 9.11. The minimum absolute atomic E-state index is 0.0538. The van der Waals surface area contributed by atoms with Gasteiger partial charge in [-0.05, 0) is 62.1 Å². The number of halogens is 1. The lowest BCUT2D eigenvalue weighted by Gasteiger charge is -2.31. The number of benzene rings is 2. The highest BCUT2D eigenvalue weighted by atomic mass is 32.2. The zero-order valence-corrected chi connectivity index (χ0v) is 19.2. The normalized spacial score (nSPS) is 19.4. The molecule has 8 nitrogen and oxygen atoms in total. The Morgan fingerprint density at radius 2 is 1.94 bits per heavy atom. The largest absolute Gasteiger partial charge is 0.478 e. The minimum atomic E-state index is -3.81. The second-order valence-corrected chi connectivity index (χ2v) is 10.2. The lowest BCUT2D eigenvalue weighted by molar-refractivity contribution is -0.123. The second-order valence-electron chi connectivity index (χ2n) is 8.29. The number of hydrogen-bond donors (Lipinski definition) is 2. The van der Waals surface area contributed by atoms with Crippen molar-refractivity contribution in [3.8, 4) is 5.75 Å². The van der Waals surface area contributed by atoms with Crippen molar-refractivity contribution in [2.75, 3.05) is 23.7 Å². The first kappa shape index (κ1) is 23.2. The maximum Gasteiger partial charge on any atom is 0.265 e. The predicted octanol–water partition coefficient (Wildman–Crippen LogP) is 3.28. The summed E-state index contributed by atoms with van der Waals surface area (Å²) < 4.78 is 47.0. The molecule has 4 rings (SSSR count). The van der Waals surface area contributed by atoms with Gasteiger partial charge in [0.25, 0.3) is 5.91 Å². The lowest BCUT2D eigenvalue weighted by Crippen LogP contribution is -2.41. The van der Waals surface area contributed by atoms with Crippen LogP contribution in [-0.4, -0.2) is 43.7 Å². The molecule has 0 aromatic heterocycles. The monoisotopic (exact) mass is 475 g/mol. The summed E-state index contributed by atoms with van der Waals surface area (Å²) in [6.07, 6.45) is 0.610. The maximum atomic E-state index is 13.7. The molecule has 2 N–H and O–H groups in total. The van der Waals surface area contributed by atoms with Crippen LogP contribution in [0.3, 0.4) is 0 Å². The molecule has 0 radical (unpaired) electrons. The Bertz CT molecular complexity index is 1190. The van der Waals surface area contributed by atoms with Crippen LogP contribution in [0, 0.1) is 18.7 Å². The van der Waals surface area contributed by atoms with Gasteiger partial charge < -0.3 is 15.4 Å². The summed E-state index contributed by atoms with van der Waals surface area (Å²) in [5.41, 5.74) is 1.19. The first-order chi connectivity index (χ1) is 15.7. The van der Waals surface area contributed by atoms with Gasteiger partial charge in [-0.1, -0.05) is 13.0 Å². The number of fused-ring (bicyclic) bond motifs is 1. The van der Waals surface area contributed by atoms with Gasteiger partial charge in [0.05, 0.1) is 10.6 Å². The van der Waals surface area contributed by atoms with Crippen molar-refractivity contribution in [3.05, 3.63) is 47.8 Å². The molecule has 1 fully saturated rings. The third-order valence-corrected chi connectivity index (χ3v) is 7.94. The van der Waals surface area contributed by atoms with E-state index in [1.54, 1.807) is 25.1 Å². The van der Waals surface area contributed by atoms with E-state index in [4.69, 9.17) is 4.74 Å². The number of nitrogens with one attached hydrogen (secondary N) is 2. The van der Waals surface area contributed by atoms with Crippen LogP contribution in [0.1, 0.15) is 31.7 Å². The average molecular weight is 476 g/mol. The van der Waals surface area contributed by atoms with Crippen molar-refractivity contribution >= 4 is 33.2 Å². The van der Waals surface area contributed by atoms with E-state index in [1.807, 2.05) is 6.92 Å². The van der Waals surface area contributed by atoms with E-state index < -0.39 is 21.9 Å². The molecule has 10 heteroatoms. The van der Waals surface area contributed by atoms with Gasteiger partial charge in [-0.3, -0.25) is 9.59 Å². The molecular formula is C23H26FN3O5S. The number of anilines is 2. The number of piperidine rings is 1. The topological polar surface area (TPSA) is 105 Å². The van der Waals surface area contributed by atoms with Crippen LogP contribution in [0.4, 0.5) is 15.8 Å². The summed E-state index contributed by atoms with van der Waals surface area (Å²) in [6, 6.07) is 8.91. The summed E-state index contributed by atoms with van der Waals surface area (Å²) in [6.45, 7) is 3.83. The molecule has 1 atom stereocenters. The number of aryl methyl sites for hydroxylation is 1. The van der Waals surface area contributed by atoms with Gasteiger partial charge in [-0.15, -0.1) is 0 Å². The van der Waals surface area contributed by atoms with Gasteiger partial charge in [0, 0.05) is 24.7 Å². The molecule has 0 spiro atoms. The van der Waals surface area contributed by atoms with Crippen molar-refractivity contribution < 1.29 is 27.1 Å². The zero-order chi connectivity index (χ0) is 23.8. The van der Waals surface area contributed by atoms with Crippen molar-refractivity contribution in [2.45, 2.75) is 44.1 Å². The van der Waals surface area contributed by atoms with E-state index >= 15 is 0 Å². The molecule has 1 saturated heterocycles. The highest BCUT2D eigenvalue weighted by Crippen LogP contribution is 2.34. The Morgan fingerprint density at radius 1 is 1.21 bits per heavy atom. The molecular weight excluding hydrogens is 449 g/mol. The Kier molecular flexibility index (Phi) is 6.40. The van der Waals surface area contributed by atoms with E-state index in [-0.39, 0.29) is 35.7 Å². The van der Waals surface area contributed by atoms with E-state index in [1.165, 1.54) is 22.5 Å². The summed E-state index contributed by atoms with van der Waals surface area (Å²) in [7, 11) is -3.81. The van der Waals surface area contributed by atoms with Crippen LogP contribution >= 0.6 is 0 Å². The summed E-state index contributed by atoms with van der Waals surface area (Å²) in [5.74, 6) is -0.897. The van der Waals surface area contributed by atoms with Gasteiger partial charge in [0.15, 0.2) is 6.10 Å². The van der Waals surface area contributed by atoms with Crippen molar-refractivity contribution in [1.29, 1.82) is 0 Å². The first-order valence-electron chi connectivity index (χ1n) is 10.9. The fraction of sp³-hybridized carbons (Fsp3) is 0.391. The Hall–Kier alpha value is -2.98. The highest BCUT2D eigenvalue weighted by Gasteiger charge is 2.34. The molecule has 33 heavy (non-hydrogen) atoms. The Labute approximate surface area is 192 Å². The molecule has 2 amide bonds. The van der Waals surface area contributed by atoms with E-state index in [0.29, 0.717) is 42.0 Å². The van der Waals surface area contributed by atoms with Gasteiger partial charge in [0.1, 0.15) is 11.6 Å². The van der Waals surface area contributed by atoms with Crippen molar-refractivity contribution in [2.24, 2.45) is 5.92 Å². The Balaban J connectivity index is 1.41. The molecule has 2 aromatic rings. The number of ether oxygens (including phenoxy) is 1. The number of carbonyl (C=O) groups is 2. The molecule has 176 valence electrons. The molecule has 2 aliphatic heterocycles. The number of rotatable bonds is 5. The van der Waals surface area contributed by atoms with E-state index in [2.05, 4.69) is 10.6 Å². The zero-order valence-electron chi connectivity index (χ0n) is 18.4. The number of sulfonamides is 1. The molecule has 2 aliphatic rings. The SMILES string of the molecule is CCC1Oc2ccc(S(=O)(=O)N3CCC(C(=O)Nc4ccc(C)c(F)c4)CC3)cc2NC1=O. The lowest BCUT2D eigenvalue weighted by atomic mass is 9.97. The summed E-state index contributed by atoms with van der Waals surface area (Å²) in [5, 5.41) is 5.41. The molecule has 2 aromatic carbocycles.